The summed E-state index contributed by atoms with van der Waals surface area (Å²) >= 11 is 0. The number of carbonyl (C=O) groups is 2. The van der Waals surface area contributed by atoms with Gasteiger partial charge in [0, 0.05) is 13.1 Å². The number of methoxy groups -OCH3 is 1. The lowest BCUT2D eigenvalue weighted by Gasteiger charge is -2.32. The second kappa shape index (κ2) is 14.5. The highest BCUT2D eigenvalue weighted by Gasteiger charge is 2.33. The predicted octanol–water partition coefficient (Wildman–Crippen LogP) is 4.79. The van der Waals surface area contributed by atoms with Crippen LogP contribution < -0.4 is 14.4 Å². The van der Waals surface area contributed by atoms with Crippen molar-refractivity contribution in [1.29, 1.82) is 0 Å². The third kappa shape index (κ3) is 7.63. The average Bonchev–Trinajstić information content (AvgIpc) is 2.98. The first-order chi connectivity index (χ1) is 19.2. The molecule has 0 radical (unpaired) electrons. The number of amides is 2. The molecule has 0 unspecified atom stereocenters. The van der Waals surface area contributed by atoms with Crippen molar-refractivity contribution in [1.82, 2.24) is 10.2 Å². The highest BCUT2D eigenvalue weighted by atomic mass is 32.2. The summed E-state index contributed by atoms with van der Waals surface area (Å²) in [6, 6.07) is 21.6. The van der Waals surface area contributed by atoms with Gasteiger partial charge < -0.3 is 15.0 Å². The first kappa shape index (κ1) is 30.7. The Morgan fingerprint density at radius 2 is 1.65 bits per heavy atom. The zero-order valence-corrected chi connectivity index (χ0v) is 24.5. The topological polar surface area (TPSA) is 96.0 Å². The molecule has 1 N–H and O–H groups in total. The van der Waals surface area contributed by atoms with Crippen molar-refractivity contribution in [3.8, 4) is 5.75 Å². The van der Waals surface area contributed by atoms with Gasteiger partial charge >= 0.3 is 0 Å². The van der Waals surface area contributed by atoms with Gasteiger partial charge in [0.25, 0.3) is 10.0 Å². The number of para-hydroxylation sites is 1. The summed E-state index contributed by atoms with van der Waals surface area (Å²) in [4.78, 5) is 28.6. The minimum absolute atomic E-state index is 0.0819. The molecule has 2 amide bonds. The van der Waals surface area contributed by atoms with Gasteiger partial charge in [0.05, 0.1) is 17.7 Å². The normalized spacial score (nSPS) is 11.9. The van der Waals surface area contributed by atoms with E-state index in [0.29, 0.717) is 24.4 Å². The van der Waals surface area contributed by atoms with E-state index >= 15 is 0 Å². The molecule has 40 heavy (non-hydrogen) atoms. The number of aryl methyl sites for hydroxylation is 1. The number of hydrogen-bond donors (Lipinski definition) is 1. The van der Waals surface area contributed by atoms with Gasteiger partial charge in [-0.1, -0.05) is 68.8 Å². The molecule has 1 atom stereocenters. The van der Waals surface area contributed by atoms with Crippen LogP contribution in [-0.2, 0) is 32.6 Å². The first-order valence-corrected chi connectivity index (χ1v) is 15.0. The van der Waals surface area contributed by atoms with Gasteiger partial charge in [0.2, 0.25) is 11.8 Å². The van der Waals surface area contributed by atoms with E-state index in [2.05, 4.69) is 5.32 Å². The molecule has 8 nitrogen and oxygen atoms in total. The number of nitrogens with one attached hydrogen (secondary N) is 1. The van der Waals surface area contributed by atoms with Crippen LogP contribution >= 0.6 is 0 Å². The Hall–Kier alpha value is -3.85. The first-order valence-electron chi connectivity index (χ1n) is 13.6. The summed E-state index contributed by atoms with van der Waals surface area (Å²) in [5.74, 6) is -0.169. The summed E-state index contributed by atoms with van der Waals surface area (Å²) in [6.07, 6.45) is 2.32. The van der Waals surface area contributed by atoms with Crippen LogP contribution in [0.15, 0.2) is 83.8 Å². The van der Waals surface area contributed by atoms with Crippen molar-refractivity contribution in [2.75, 3.05) is 24.5 Å². The Labute approximate surface area is 238 Å². The Morgan fingerprint density at radius 3 is 2.33 bits per heavy atom. The molecule has 0 saturated carbocycles. The molecule has 9 heteroatoms. The van der Waals surface area contributed by atoms with E-state index in [0.717, 1.165) is 28.3 Å². The van der Waals surface area contributed by atoms with Crippen LogP contribution in [0.3, 0.4) is 0 Å². The van der Waals surface area contributed by atoms with Gasteiger partial charge in [-0.25, -0.2) is 8.42 Å². The van der Waals surface area contributed by atoms with Crippen LogP contribution in [0.5, 0.6) is 5.75 Å². The van der Waals surface area contributed by atoms with E-state index < -0.39 is 28.5 Å². The highest BCUT2D eigenvalue weighted by molar-refractivity contribution is 7.92. The number of sulfonamides is 1. The molecule has 3 rings (SSSR count). The third-order valence-corrected chi connectivity index (χ3v) is 8.51. The average molecular weight is 566 g/mol. The van der Waals surface area contributed by atoms with Crippen LogP contribution in [0.2, 0.25) is 0 Å². The van der Waals surface area contributed by atoms with E-state index in [1.165, 1.54) is 17.0 Å². The third-order valence-electron chi connectivity index (χ3n) is 6.74. The lowest BCUT2D eigenvalue weighted by molar-refractivity contribution is -0.139. The van der Waals surface area contributed by atoms with Crippen molar-refractivity contribution >= 4 is 27.5 Å². The Balaban J connectivity index is 2.03. The van der Waals surface area contributed by atoms with Crippen molar-refractivity contribution in [2.45, 2.75) is 57.5 Å². The maximum absolute atomic E-state index is 14.0. The van der Waals surface area contributed by atoms with Crippen LogP contribution in [-0.4, -0.2) is 51.4 Å². The molecular formula is C31H39N3O5S. The summed E-state index contributed by atoms with van der Waals surface area (Å²) in [7, 11) is -2.54. The van der Waals surface area contributed by atoms with Crippen LogP contribution in [0.4, 0.5) is 5.69 Å². The monoisotopic (exact) mass is 565 g/mol. The second-order valence-electron chi connectivity index (χ2n) is 9.50. The minimum Gasteiger partial charge on any atom is -0.497 e. The summed E-state index contributed by atoms with van der Waals surface area (Å²) in [5, 5.41) is 2.90. The lowest BCUT2D eigenvalue weighted by Crippen LogP contribution is -2.51. The molecule has 0 heterocycles. The molecule has 0 fully saturated rings. The van der Waals surface area contributed by atoms with Crippen LogP contribution in [0.25, 0.3) is 0 Å². The van der Waals surface area contributed by atoms with Gasteiger partial charge in [-0.3, -0.25) is 13.9 Å². The smallest absolute Gasteiger partial charge is 0.264 e. The molecular weight excluding hydrogens is 526 g/mol. The van der Waals surface area contributed by atoms with E-state index in [1.54, 1.807) is 56.5 Å². The standard InChI is InChI=1S/C31H39N3O5S/c1-5-7-20-32-31(36)24(3)33(22-25-14-13-16-27(21-25)39-4)30(35)23-34(29-19-12-11-15-26(29)6-2)40(37,38)28-17-9-8-10-18-28/h8-19,21,24H,5-7,20,22-23H2,1-4H3,(H,32,36)/t24-/m1/s1. The number of benzene rings is 3. The molecule has 214 valence electrons. The Bertz CT molecular complexity index is 1380. The summed E-state index contributed by atoms with van der Waals surface area (Å²) < 4.78 is 34.4. The van der Waals surface area contributed by atoms with Gasteiger partial charge in [-0.2, -0.15) is 0 Å². The molecule has 0 bridgehead atoms. The van der Waals surface area contributed by atoms with Crippen molar-refractivity contribution < 1.29 is 22.7 Å². The number of unbranched alkanes of at least 4 members (excludes halogenated alkanes) is 1. The van der Waals surface area contributed by atoms with E-state index in [1.807, 2.05) is 38.1 Å². The van der Waals surface area contributed by atoms with Crippen molar-refractivity contribution in [2.24, 2.45) is 0 Å². The maximum atomic E-state index is 14.0. The molecule has 0 spiro atoms. The van der Waals surface area contributed by atoms with Gasteiger partial charge in [0.15, 0.2) is 0 Å². The molecule has 0 aliphatic carbocycles. The molecule has 0 aliphatic heterocycles. The van der Waals surface area contributed by atoms with Crippen molar-refractivity contribution in [3.63, 3.8) is 0 Å². The van der Waals surface area contributed by atoms with Crippen molar-refractivity contribution in [3.05, 3.63) is 90.0 Å². The number of anilines is 1. The van der Waals surface area contributed by atoms with Gasteiger partial charge in [-0.05, 0) is 61.2 Å². The van der Waals surface area contributed by atoms with E-state index in [4.69, 9.17) is 4.74 Å². The van der Waals surface area contributed by atoms with Crippen LogP contribution in [0, 0.1) is 0 Å². The second-order valence-corrected chi connectivity index (χ2v) is 11.4. The predicted molar refractivity (Wildman–Crippen MR) is 158 cm³/mol. The molecule has 0 aromatic heterocycles. The maximum Gasteiger partial charge on any atom is 0.264 e. The lowest BCUT2D eigenvalue weighted by atomic mass is 10.1. The zero-order valence-electron chi connectivity index (χ0n) is 23.7. The van der Waals surface area contributed by atoms with Gasteiger partial charge in [0.1, 0.15) is 18.3 Å². The largest absolute Gasteiger partial charge is 0.497 e. The number of rotatable bonds is 14. The highest BCUT2D eigenvalue weighted by Crippen LogP contribution is 2.28. The number of ether oxygens (including phenoxy) is 1. The van der Waals surface area contributed by atoms with Crippen LogP contribution in [0.1, 0.15) is 44.7 Å². The minimum atomic E-state index is -4.10. The summed E-state index contributed by atoms with van der Waals surface area (Å²) in [6.45, 7) is 5.77. The quantitative estimate of drug-likeness (QED) is 0.284. The number of nitrogens with zero attached hydrogens (tertiary/aromatic N) is 2. The summed E-state index contributed by atoms with van der Waals surface area (Å²) in [5.41, 5.74) is 1.98. The van der Waals surface area contributed by atoms with E-state index in [9.17, 15) is 18.0 Å². The fraction of sp³-hybridized carbons (Fsp3) is 0.355. The Morgan fingerprint density at radius 1 is 0.950 bits per heavy atom. The molecule has 0 saturated heterocycles. The van der Waals surface area contributed by atoms with Gasteiger partial charge in [-0.15, -0.1) is 0 Å². The van der Waals surface area contributed by atoms with E-state index in [-0.39, 0.29) is 17.3 Å². The molecule has 0 aliphatic rings. The fourth-order valence-electron chi connectivity index (χ4n) is 4.37. The zero-order chi connectivity index (χ0) is 29.1. The number of carbonyl (C=O) groups excluding carboxylic acids is 2. The number of hydrogen-bond acceptors (Lipinski definition) is 5. The Kier molecular flexibility index (Phi) is 11.1. The molecule has 3 aromatic carbocycles. The SMILES string of the molecule is CCCCNC(=O)[C@@H](C)N(Cc1cccc(OC)c1)C(=O)CN(c1ccccc1CC)S(=O)(=O)c1ccccc1. The molecule has 3 aromatic rings. The fourth-order valence-corrected chi connectivity index (χ4v) is 5.85.